The van der Waals surface area contributed by atoms with Gasteiger partial charge in [-0.3, -0.25) is 0 Å². The van der Waals surface area contributed by atoms with Crippen LogP contribution in [0.25, 0.3) is 0 Å². The van der Waals surface area contributed by atoms with Crippen molar-refractivity contribution in [1.82, 2.24) is 0 Å². The summed E-state index contributed by atoms with van der Waals surface area (Å²) < 4.78 is 15.9. The van der Waals surface area contributed by atoms with E-state index in [0.29, 0.717) is 18.1 Å². The summed E-state index contributed by atoms with van der Waals surface area (Å²) in [5.41, 5.74) is 5.84. The standard InChI is InChI=1S/C12H17NO3/c1-14-10-4-3-9(7-11(10)15-2)16-8-12(13)5-6-12/h3-4,7H,5-6,8,13H2,1-2H3. The van der Waals surface area contributed by atoms with E-state index in [4.69, 9.17) is 19.9 Å². The van der Waals surface area contributed by atoms with Crippen LogP contribution < -0.4 is 19.9 Å². The van der Waals surface area contributed by atoms with Gasteiger partial charge >= 0.3 is 0 Å². The summed E-state index contributed by atoms with van der Waals surface area (Å²) in [6.07, 6.45) is 2.08. The lowest BCUT2D eigenvalue weighted by molar-refractivity contribution is 0.276. The van der Waals surface area contributed by atoms with E-state index in [1.165, 1.54) is 0 Å². The van der Waals surface area contributed by atoms with Crippen LogP contribution in [0.4, 0.5) is 0 Å². The van der Waals surface area contributed by atoms with Crippen molar-refractivity contribution in [3.63, 3.8) is 0 Å². The maximum atomic E-state index is 5.94. The molecule has 0 spiro atoms. The Morgan fingerprint density at radius 1 is 1.19 bits per heavy atom. The van der Waals surface area contributed by atoms with Gasteiger partial charge in [-0.15, -0.1) is 0 Å². The van der Waals surface area contributed by atoms with Crippen LogP contribution in [0.3, 0.4) is 0 Å². The smallest absolute Gasteiger partial charge is 0.164 e. The largest absolute Gasteiger partial charge is 0.493 e. The van der Waals surface area contributed by atoms with Crippen LogP contribution in [-0.4, -0.2) is 26.4 Å². The summed E-state index contributed by atoms with van der Waals surface area (Å²) in [7, 11) is 3.21. The second-order valence-corrected chi connectivity index (χ2v) is 4.17. The molecule has 1 aliphatic carbocycles. The highest BCUT2D eigenvalue weighted by atomic mass is 16.5. The molecule has 0 aromatic heterocycles. The summed E-state index contributed by atoms with van der Waals surface area (Å²) in [4.78, 5) is 0. The Morgan fingerprint density at radius 3 is 2.44 bits per heavy atom. The van der Waals surface area contributed by atoms with Crippen molar-refractivity contribution in [1.29, 1.82) is 0 Å². The lowest BCUT2D eigenvalue weighted by atomic mass is 10.3. The van der Waals surface area contributed by atoms with Gasteiger partial charge in [-0.25, -0.2) is 0 Å². The molecule has 0 amide bonds. The second-order valence-electron chi connectivity index (χ2n) is 4.17. The molecule has 88 valence electrons. The van der Waals surface area contributed by atoms with E-state index in [-0.39, 0.29) is 5.54 Å². The molecule has 0 unspecified atom stereocenters. The predicted octanol–water partition coefficient (Wildman–Crippen LogP) is 1.57. The molecule has 16 heavy (non-hydrogen) atoms. The second kappa shape index (κ2) is 4.22. The van der Waals surface area contributed by atoms with E-state index in [9.17, 15) is 0 Å². The van der Waals surface area contributed by atoms with Gasteiger partial charge in [0.25, 0.3) is 0 Å². The van der Waals surface area contributed by atoms with Crippen molar-refractivity contribution in [3.05, 3.63) is 18.2 Å². The average Bonchev–Trinajstić information content (AvgIpc) is 3.05. The van der Waals surface area contributed by atoms with Crippen LogP contribution in [0.2, 0.25) is 0 Å². The van der Waals surface area contributed by atoms with E-state index < -0.39 is 0 Å². The minimum Gasteiger partial charge on any atom is -0.493 e. The van der Waals surface area contributed by atoms with Gasteiger partial charge in [-0.05, 0) is 25.0 Å². The first-order valence-electron chi connectivity index (χ1n) is 5.30. The van der Waals surface area contributed by atoms with Crippen molar-refractivity contribution in [3.8, 4) is 17.2 Å². The zero-order chi connectivity index (χ0) is 11.6. The third-order valence-corrected chi connectivity index (χ3v) is 2.77. The maximum Gasteiger partial charge on any atom is 0.164 e. The molecule has 0 aliphatic heterocycles. The highest BCUT2D eigenvalue weighted by Gasteiger charge is 2.39. The third-order valence-electron chi connectivity index (χ3n) is 2.77. The summed E-state index contributed by atoms with van der Waals surface area (Å²) in [5, 5.41) is 0. The van der Waals surface area contributed by atoms with E-state index in [1.54, 1.807) is 14.2 Å². The first-order chi connectivity index (χ1) is 7.67. The molecule has 0 heterocycles. The number of benzene rings is 1. The summed E-state index contributed by atoms with van der Waals surface area (Å²) in [5.74, 6) is 2.12. The first-order valence-corrected chi connectivity index (χ1v) is 5.30. The molecule has 2 rings (SSSR count). The topological polar surface area (TPSA) is 53.7 Å². The molecule has 1 aliphatic rings. The number of hydrogen-bond donors (Lipinski definition) is 1. The normalized spacial score (nSPS) is 16.7. The van der Waals surface area contributed by atoms with Crippen molar-refractivity contribution in [2.24, 2.45) is 5.73 Å². The molecule has 0 bridgehead atoms. The molecule has 2 N–H and O–H groups in total. The van der Waals surface area contributed by atoms with Gasteiger partial charge in [0.15, 0.2) is 11.5 Å². The van der Waals surface area contributed by atoms with Crippen molar-refractivity contribution >= 4 is 0 Å². The monoisotopic (exact) mass is 223 g/mol. The lowest BCUT2D eigenvalue weighted by Crippen LogP contribution is -2.29. The summed E-state index contributed by atoms with van der Waals surface area (Å²) >= 11 is 0. The molecule has 1 aromatic rings. The fourth-order valence-corrected chi connectivity index (χ4v) is 1.44. The number of hydrogen-bond acceptors (Lipinski definition) is 4. The fraction of sp³-hybridized carbons (Fsp3) is 0.500. The van der Waals surface area contributed by atoms with Crippen molar-refractivity contribution in [2.45, 2.75) is 18.4 Å². The van der Waals surface area contributed by atoms with Gasteiger partial charge in [-0.1, -0.05) is 0 Å². The van der Waals surface area contributed by atoms with Gasteiger partial charge < -0.3 is 19.9 Å². The SMILES string of the molecule is COc1ccc(OCC2(N)CC2)cc1OC. The molecule has 1 aromatic carbocycles. The minimum atomic E-state index is -0.104. The van der Waals surface area contributed by atoms with Gasteiger partial charge in [0.05, 0.1) is 19.8 Å². The quantitative estimate of drug-likeness (QED) is 0.823. The molecule has 0 atom stereocenters. The number of methoxy groups -OCH3 is 2. The van der Waals surface area contributed by atoms with Crippen LogP contribution in [0.1, 0.15) is 12.8 Å². The van der Waals surface area contributed by atoms with Crippen molar-refractivity contribution < 1.29 is 14.2 Å². The molecule has 1 fully saturated rings. The Bertz CT molecular complexity index is 375. The lowest BCUT2D eigenvalue weighted by Gasteiger charge is -2.13. The number of rotatable bonds is 5. The molecule has 4 nitrogen and oxygen atoms in total. The molecular weight excluding hydrogens is 206 g/mol. The van der Waals surface area contributed by atoms with Crippen LogP contribution in [0.15, 0.2) is 18.2 Å². The molecule has 0 saturated heterocycles. The minimum absolute atomic E-state index is 0.104. The Labute approximate surface area is 95.3 Å². The van der Waals surface area contributed by atoms with E-state index in [1.807, 2.05) is 18.2 Å². The Balaban J connectivity index is 2.04. The molecule has 1 saturated carbocycles. The van der Waals surface area contributed by atoms with Gasteiger partial charge in [0, 0.05) is 6.07 Å². The Kier molecular flexibility index (Phi) is 2.92. The van der Waals surface area contributed by atoms with Crippen LogP contribution in [0.5, 0.6) is 17.2 Å². The zero-order valence-electron chi connectivity index (χ0n) is 9.66. The number of nitrogens with two attached hydrogens (primary N) is 1. The maximum absolute atomic E-state index is 5.94. The molecular formula is C12H17NO3. The highest BCUT2D eigenvalue weighted by molar-refractivity contribution is 5.45. The first kappa shape index (κ1) is 11.1. The Hall–Kier alpha value is -1.42. The average molecular weight is 223 g/mol. The zero-order valence-corrected chi connectivity index (χ0v) is 9.66. The summed E-state index contributed by atoms with van der Waals surface area (Å²) in [6.45, 7) is 0.558. The highest BCUT2D eigenvalue weighted by Crippen LogP contribution is 2.35. The van der Waals surface area contributed by atoms with Gasteiger partial charge in [0.2, 0.25) is 0 Å². The van der Waals surface area contributed by atoms with E-state index >= 15 is 0 Å². The van der Waals surface area contributed by atoms with Crippen LogP contribution in [0, 0.1) is 0 Å². The van der Waals surface area contributed by atoms with Crippen LogP contribution in [-0.2, 0) is 0 Å². The predicted molar refractivity (Wildman–Crippen MR) is 61.2 cm³/mol. The number of ether oxygens (including phenoxy) is 3. The van der Waals surface area contributed by atoms with E-state index in [2.05, 4.69) is 0 Å². The third kappa shape index (κ3) is 2.39. The van der Waals surface area contributed by atoms with Gasteiger partial charge in [0.1, 0.15) is 12.4 Å². The molecule has 0 radical (unpaired) electrons. The van der Waals surface area contributed by atoms with E-state index in [0.717, 1.165) is 18.6 Å². The van der Waals surface area contributed by atoms with Crippen molar-refractivity contribution in [2.75, 3.05) is 20.8 Å². The molecule has 4 heteroatoms. The Morgan fingerprint density at radius 2 is 1.88 bits per heavy atom. The fourth-order valence-electron chi connectivity index (χ4n) is 1.44. The van der Waals surface area contributed by atoms with Gasteiger partial charge in [-0.2, -0.15) is 0 Å². The summed E-state index contributed by atoms with van der Waals surface area (Å²) in [6, 6.07) is 5.49. The van der Waals surface area contributed by atoms with Crippen LogP contribution >= 0.6 is 0 Å².